The number of carbonyl (C=O) groups is 2. The number of fused-ring (bicyclic) bond motifs is 2. The highest BCUT2D eigenvalue weighted by molar-refractivity contribution is 8.02. The third-order valence-electron chi connectivity index (χ3n) is 5.78. The van der Waals surface area contributed by atoms with Gasteiger partial charge in [-0.15, -0.1) is 11.8 Å². The molecule has 31 heavy (non-hydrogen) atoms. The molecular formula is C25H21ClN2O2S. The van der Waals surface area contributed by atoms with Gasteiger partial charge >= 0.3 is 0 Å². The molecule has 0 bridgehead atoms. The van der Waals surface area contributed by atoms with Gasteiger partial charge in [0.1, 0.15) is 0 Å². The first-order valence-corrected chi connectivity index (χ1v) is 11.5. The van der Waals surface area contributed by atoms with E-state index in [-0.39, 0.29) is 17.6 Å². The van der Waals surface area contributed by atoms with E-state index in [0.717, 1.165) is 33.6 Å². The van der Waals surface area contributed by atoms with Crippen LogP contribution in [-0.4, -0.2) is 17.6 Å². The van der Waals surface area contributed by atoms with Crippen molar-refractivity contribution in [3.8, 4) is 0 Å². The van der Waals surface area contributed by atoms with Crippen LogP contribution in [0.2, 0.25) is 5.02 Å². The Morgan fingerprint density at radius 3 is 2.35 bits per heavy atom. The molecule has 0 saturated carbocycles. The van der Waals surface area contributed by atoms with Crippen LogP contribution in [-0.2, 0) is 21.0 Å². The lowest BCUT2D eigenvalue weighted by Gasteiger charge is -2.33. The highest BCUT2D eigenvalue weighted by Gasteiger charge is 2.60. The van der Waals surface area contributed by atoms with Crippen LogP contribution in [0.3, 0.4) is 0 Å². The number of hydrogen-bond donors (Lipinski definition) is 0. The predicted octanol–water partition coefficient (Wildman–Crippen LogP) is 5.44. The molecule has 6 heteroatoms. The number of para-hydroxylation sites is 1. The smallest absolute Gasteiger partial charge is 0.269 e. The monoisotopic (exact) mass is 448 g/mol. The molecular weight excluding hydrogens is 428 g/mol. The van der Waals surface area contributed by atoms with Crippen LogP contribution < -0.4 is 9.80 Å². The third kappa shape index (κ3) is 3.15. The first-order valence-electron chi connectivity index (χ1n) is 10.1. The molecule has 0 radical (unpaired) electrons. The average Bonchev–Trinajstić information content (AvgIpc) is 3.20. The molecule has 1 saturated heterocycles. The zero-order valence-corrected chi connectivity index (χ0v) is 18.8. The third-order valence-corrected chi connectivity index (χ3v) is 7.42. The van der Waals surface area contributed by atoms with Crippen molar-refractivity contribution < 1.29 is 9.59 Å². The fourth-order valence-electron chi connectivity index (χ4n) is 4.56. The molecule has 0 aliphatic carbocycles. The number of aryl methyl sites for hydroxylation is 2. The number of thioether (sulfide) groups is 1. The second-order valence-electron chi connectivity index (χ2n) is 8.04. The average molecular weight is 449 g/mol. The summed E-state index contributed by atoms with van der Waals surface area (Å²) in [5, 5.41) is 0.659. The van der Waals surface area contributed by atoms with E-state index in [1.165, 1.54) is 11.8 Å². The maximum Gasteiger partial charge on any atom is 0.269 e. The van der Waals surface area contributed by atoms with Crippen LogP contribution in [0.1, 0.15) is 22.3 Å². The van der Waals surface area contributed by atoms with Crippen molar-refractivity contribution in [3.63, 3.8) is 0 Å². The normalized spacial score (nSPS) is 20.1. The van der Waals surface area contributed by atoms with Gasteiger partial charge in [0.05, 0.1) is 18.0 Å². The second-order valence-corrected chi connectivity index (χ2v) is 9.65. The number of anilines is 2. The van der Waals surface area contributed by atoms with Crippen LogP contribution in [0.25, 0.3) is 0 Å². The summed E-state index contributed by atoms with van der Waals surface area (Å²) < 4.78 is 0. The quantitative estimate of drug-likeness (QED) is 0.536. The first kappa shape index (κ1) is 20.2. The maximum absolute atomic E-state index is 14.0. The van der Waals surface area contributed by atoms with Crippen LogP contribution in [0, 0.1) is 13.8 Å². The molecule has 2 heterocycles. The molecule has 1 fully saturated rings. The van der Waals surface area contributed by atoms with Gasteiger partial charge in [0.15, 0.2) is 0 Å². The summed E-state index contributed by atoms with van der Waals surface area (Å²) in [7, 11) is 0. The highest BCUT2D eigenvalue weighted by Crippen LogP contribution is 2.56. The van der Waals surface area contributed by atoms with E-state index in [4.69, 9.17) is 11.6 Å². The van der Waals surface area contributed by atoms with Crippen LogP contribution in [0.4, 0.5) is 11.4 Å². The summed E-state index contributed by atoms with van der Waals surface area (Å²) in [6, 6.07) is 21.3. The number of rotatable bonds is 3. The van der Waals surface area contributed by atoms with E-state index in [9.17, 15) is 9.59 Å². The molecule has 5 rings (SSSR count). The van der Waals surface area contributed by atoms with E-state index in [0.29, 0.717) is 11.6 Å². The molecule has 4 nitrogen and oxygen atoms in total. The lowest BCUT2D eigenvalue weighted by atomic mass is 10.0. The van der Waals surface area contributed by atoms with Crippen molar-refractivity contribution in [2.75, 3.05) is 15.6 Å². The SMILES string of the molecule is Cc1cc(C)cc(N2C(=O)CSC23C(=O)N(Cc2ccc(Cl)cc2)c2ccccc23)c1. The van der Waals surface area contributed by atoms with Gasteiger partial charge in [0.2, 0.25) is 10.8 Å². The van der Waals surface area contributed by atoms with Gasteiger partial charge in [-0.05, 0) is 60.9 Å². The molecule has 2 aliphatic heterocycles. The minimum atomic E-state index is -1.08. The summed E-state index contributed by atoms with van der Waals surface area (Å²) >= 11 is 7.44. The number of hydrogen-bond acceptors (Lipinski definition) is 3. The minimum Gasteiger partial charge on any atom is -0.304 e. The molecule has 0 N–H and O–H groups in total. The molecule has 1 spiro atoms. The van der Waals surface area contributed by atoms with Crippen molar-refractivity contribution in [2.24, 2.45) is 0 Å². The topological polar surface area (TPSA) is 40.6 Å². The first-order chi connectivity index (χ1) is 14.9. The fraction of sp³-hybridized carbons (Fsp3) is 0.200. The molecule has 2 aliphatic rings. The van der Waals surface area contributed by atoms with E-state index in [1.807, 2.05) is 74.5 Å². The number of nitrogens with zero attached hydrogens (tertiary/aromatic N) is 2. The number of benzene rings is 3. The van der Waals surface area contributed by atoms with Crippen molar-refractivity contribution in [3.05, 3.63) is 94.0 Å². The fourth-order valence-corrected chi connectivity index (χ4v) is 6.05. The lowest BCUT2D eigenvalue weighted by Crippen LogP contribution is -2.49. The highest BCUT2D eigenvalue weighted by atomic mass is 35.5. The Balaban J connectivity index is 1.65. The molecule has 2 amide bonds. The van der Waals surface area contributed by atoms with Gasteiger partial charge in [-0.3, -0.25) is 14.5 Å². The van der Waals surface area contributed by atoms with Crippen molar-refractivity contribution in [2.45, 2.75) is 25.3 Å². The Bertz CT molecular complexity index is 1190. The van der Waals surface area contributed by atoms with Crippen LogP contribution >= 0.6 is 23.4 Å². The molecule has 3 aromatic carbocycles. The van der Waals surface area contributed by atoms with Gasteiger partial charge in [-0.2, -0.15) is 0 Å². The molecule has 1 atom stereocenters. The molecule has 0 aromatic heterocycles. The predicted molar refractivity (Wildman–Crippen MR) is 127 cm³/mol. The van der Waals surface area contributed by atoms with E-state index < -0.39 is 4.87 Å². The Labute approximate surface area is 190 Å². The summed E-state index contributed by atoms with van der Waals surface area (Å²) in [5.74, 6) is 0.132. The second kappa shape index (κ2) is 7.43. The summed E-state index contributed by atoms with van der Waals surface area (Å²) in [6.45, 7) is 4.44. The maximum atomic E-state index is 14.0. The Hall–Kier alpha value is -2.76. The minimum absolute atomic E-state index is 0.0495. The number of amides is 2. The number of carbonyl (C=O) groups excluding carboxylic acids is 2. The van der Waals surface area contributed by atoms with Gasteiger partial charge in [-0.1, -0.05) is 48.0 Å². The Morgan fingerprint density at radius 1 is 0.968 bits per heavy atom. The Kier molecular flexibility index (Phi) is 4.83. The van der Waals surface area contributed by atoms with Gasteiger partial charge in [0.25, 0.3) is 5.91 Å². The van der Waals surface area contributed by atoms with Gasteiger partial charge in [-0.25, -0.2) is 0 Å². The van der Waals surface area contributed by atoms with E-state index in [1.54, 1.807) is 9.80 Å². The van der Waals surface area contributed by atoms with Crippen molar-refractivity contribution in [1.29, 1.82) is 0 Å². The molecule has 1 unspecified atom stereocenters. The zero-order chi connectivity index (χ0) is 21.8. The summed E-state index contributed by atoms with van der Waals surface area (Å²) in [5.41, 5.74) is 5.59. The van der Waals surface area contributed by atoms with Crippen molar-refractivity contribution >= 4 is 46.6 Å². The van der Waals surface area contributed by atoms with E-state index >= 15 is 0 Å². The lowest BCUT2D eigenvalue weighted by molar-refractivity contribution is -0.123. The van der Waals surface area contributed by atoms with Crippen LogP contribution in [0.5, 0.6) is 0 Å². The summed E-state index contributed by atoms with van der Waals surface area (Å²) in [6.07, 6.45) is 0. The molecule has 156 valence electrons. The Morgan fingerprint density at radius 2 is 1.65 bits per heavy atom. The number of halogens is 1. The van der Waals surface area contributed by atoms with Crippen molar-refractivity contribution in [1.82, 2.24) is 0 Å². The largest absolute Gasteiger partial charge is 0.304 e. The standard InChI is InChI=1S/C25H21ClN2O2S/c1-16-11-17(2)13-20(12-16)28-23(29)15-31-25(28)21-5-3-4-6-22(21)27(24(25)30)14-18-7-9-19(26)10-8-18/h3-13H,14-15H2,1-2H3. The zero-order valence-electron chi connectivity index (χ0n) is 17.3. The molecule has 3 aromatic rings. The van der Waals surface area contributed by atoms with Gasteiger partial charge < -0.3 is 4.90 Å². The summed E-state index contributed by atoms with van der Waals surface area (Å²) in [4.78, 5) is 29.6. The van der Waals surface area contributed by atoms with Crippen LogP contribution in [0.15, 0.2) is 66.7 Å². The van der Waals surface area contributed by atoms with E-state index in [2.05, 4.69) is 6.07 Å². The van der Waals surface area contributed by atoms with Gasteiger partial charge in [0, 0.05) is 16.3 Å².